The fraction of sp³-hybridized carbons (Fsp3) is 0.609. The maximum atomic E-state index is 5.84. The summed E-state index contributed by atoms with van der Waals surface area (Å²) in [6.45, 7) is 6.44. The Hall–Kier alpha value is -1.84. The van der Waals surface area contributed by atoms with Crippen molar-refractivity contribution in [2.75, 3.05) is 13.2 Å². The van der Waals surface area contributed by atoms with Crippen molar-refractivity contribution in [2.45, 2.75) is 65.0 Å². The maximum absolute atomic E-state index is 5.84. The van der Waals surface area contributed by atoms with Crippen LogP contribution in [-0.2, 0) is 13.6 Å². The van der Waals surface area contributed by atoms with Gasteiger partial charge in [0.15, 0.2) is 11.8 Å². The van der Waals surface area contributed by atoms with Gasteiger partial charge >= 0.3 is 0 Å². The number of aliphatic imine (C=N–C) groups is 1. The molecule has 0 saturated heterocycles. The molecule has 1 atom stereocenters. The Balaban J connectivity index is 0.00000272. The number of rotatable bonds is 6. The Bertz CT molecular complexity index is 890. The van der Waals surface area contributed by atoms with Crippen molar-refractivity contribution < 1.29 is 4.74 Å². The summed E-state index contributed by atoms with van der Waals surface area (Å²) < 4.78 is 7.83. The molecule has 170 valence electrons. The van der Waals surface area contributed by atoms with E-state index in [0.29, 0.717) is 18.6 Å². The van der Waals surface area contributed by atoms with Gasteiger partial charge in [-0.3, -0.25) is 0 Å². The number of halogens is 1. The van der Waals surface area contributed by atoms with Crippen molar-refractivity contribution in [1.29, 1.82) is 0 Å². The first kappa shape index (κ1) is 23.8. The van der Waals surface area contributed by atoms with Crippen LogP contribution in [0.2, 0.25) is 0 Å². The number of aromatic nitrogens is 3. The van der Waals surface area contributed by atoms with Crippen molar-refractivity contribution in [1.82, 2.24) is 25.4 Å². The van der Waals surface area contributed by atoms with E-state index in [2.05, 4.69) is 39.9 Å². The Morgan fingerprint density at radius 2 is 2.03 bits per heavy atom. The molecule has 1 aromatic heterocycles. The van der Waals surface area contributed by atoms with Gasteiger partial charge in [0, 0.05) is 25.6 Å². The number of ether oxygens (including phenoxy) is 1. The molecule has 0 amide bonds. The minimum Gasteiger partial charge on any atom is -0.493 e. The van der Waals surface area contributed by atoms with Crippen molar-refractivity contribution >= 4 is 29.9 Å². The van der Waals surface area contributed by atoms with Gasteiger partial charge in [0.2, 0.25) is 0 Å². The topological polar surface area (TPSA) is 76.4 Å². The SMILES string of the molecule is CCC1(CNC(=NCc2nnc(C)n2C)NC2CCOc3ccccc32)CCCC1.I. The van der Waals surface area contributed by atoms with E-state index < -0.39 is 0 Å². The summed E-state index contributed by atoms with van der Waals surface area (Å²) in [5.74, 6) is 3.58. The third kappa shape index (κ3) is 5.51. The van der Waals surface area contributed by atoms with Gasteiger partial charge in [0.05, 0.1) is 12.6 Å². The van der Waals surface area contributed by atoms with E-state index in [9.17, 15) is 0 Å². The fourth-order valence-corrected chi connectivity index (χ4v) is 4.60. The first-order chi connectivity index (χ1) is 14.6. The second-order valence-corrected chi connectivity index (χ2v) is 8.67. The molecule has 0 spiro atoms. The molecule has 8 heteroatoms. The van der Waals surface area contributed by atoms with Gasteiger partial charge in [-0.05, 0) is 37.7 Å². The van der Waals surface area contributed by atoms with Gasteiger partial charge in [0.25, 0.3) is 0 Å². The third-order valence-electron chi connectivity index (χ3n) is 6.88. The number of fused-ring (bicyclic) bond motifs is 1. The number of guanidine groups is 1. The van der Waals surface area contributed by atoms with E-state index in [1.54, 1.807) is 0 Å². The van der Waals surface area contributed by atoms with E-state index in [4.69, 9.17) is 9.73 Å². The van der Waals surface area contributed by atoms with Crippen LogP contribution >= 0.6 is 24.0 Å². The van der Waals surface area contributed by atoms with E-state index in [1.165, 1.54) is 37.7 Å². The van der Waals surface area contributed by atoms with Crippen molar-refractivity contribution in [3.8, 4) is 5.75 Å². The number of aryl methyl sites for hydroxylation is 1. The molecule has 1 aromatic carbocycles. The lowest BCUT2D eigenvalue weighted by Gasteiger charge is -2.31. The quantitative estimate of drug-likeness (QED) is 0.327. The summed E-state index contributed by atoms with van der Waals surface area (Å²) in [6, 6.07) is 8.46. The van der Waals surface area contributed by atoms with Crippen LogP contribution in [0.1, 0.15) is 68.7 Å². The zero-order chi connectivity index (χ0) is 21.0. The van der Waals surface area contributed by atoms with Crippen LogP contribution in [0.3, 0.4) is 0 Å². The highest BCUT2D eigenvalue weighted by molar-refractivity contribution is 14.0. The zero-order valence-corrected chi connectivity index (χ0v) is 21.2. The number of nitrogens with one attached hydrogen (secondary N) is 2. The smallest absolute Gasteiger partial charge is 0.192 e. The van der Waals surface area contributed by atoms with Gasteiger partial charge in [-0.15, -0.1) is 34.2 Å². The molecule has 1 fully saturated rings. The Morgan fingerprint density at radius 1 is 1.26 bits per heavy atom. The van der Waals surface area contributed by atoms with Crippen molar-refractivity contribution in [3.05, 3.63) is 41.5 Å². The lowest BCUT2D eigenvalue weighted by atomic mass is 9.83. The number of benzene rings is 1. The summed E-state index contributed by atoms with van der Waals surface area (Å²) in [7, 11) is 1.99. The maximum Gasteiger partial charge on any atom is 0.192 e. The number of hydrogen-bond acceptors (Lipinski definition) is 4. The highest BCUT2D eigenvalue weighted by Crippen LogP contribution is 2.40. The number of para-hydroxylation sites is 1. The van der Waals surface area contributed by atoms with Crippen LogP contribution in [-0.4, -0.2) is 33.9 Å². The summed E-state index contributed by atoms with van der Waals surface area (Å²) in [5, 5.41) is 15.8. The lowest BCUT2D eigenvalue weighted by molar-refractivity contribution is 0.259. The predicted octanol–water partition coefficient (Wildman–Crippen LogP) is 4.27. The first-order valence-electron chi connectivity index (χ1n) is 11.2. The minimum atomic E-state index is 0. The van der Waals surface area contributed by atoms with Crippen LogP contribution in [0, 0.1) is 12.3 Å². The van der Waals surface area contributed by atoms with Crippen molar-refractivity contribution in [3.63, 3.8) is 0 Å². The monoisotopic (exact) mass is 538 g/mol. The van der Waals surface area contributed by atoms with Gasteiger partial charge in [-0.25, -0.2) is 4.99 Å². The largest absolute Gasteiger partial charge is 0.493 e. The van der Waals surface area contributed by atoms with Crippen LogP contribution in [0.4, 0.5) is 0 Å². The van der Waals surface area contributed by atoms with Crippen LogP contribution in [0.25, 0.3) is 0 Å². The predicted molar refractivity (Wildman–Crippen MR) is 134 cm³/mol. The highest BCUT2D eigenvalue weighted by Gasteiger charge is 2.32. The van der Waals surface area contributed by atoms with Crippen LogP contribution in [0.15, 0.2) is 29.3 Å². The molecule has 4 rings (SSSR count). The molecular formula is C23H35IN6O. The molecule has 1 unspecified atom stereocenters. The Morgan fingerprint density at radius 3 is 2.74 bits per heavy atom. The standard InChI is InChI=1S/C23H34N6O.HI/c1-4-23(12-7-8-13-23)16-25-22(24-15-21-28-27-17(2)29(21)3)26-19-11-14-30-20-10-6-5-9-18(19)20;/h5-6,9-10,19H,4,7-8,11-16H2,1-3H3,(H2,24,25,26);1H. The normalized spacial score (nSPS) is 19.8. The molecule has 2 N–H and O–H groups in total. The van der Waals surface area contributed by atoms with Gasteiger partial charge < -0.3 is 19.9 Å². The molecule has 2 aliphatic rings. The Kier molecular flexibility index (Phi) is 8.18. The Labute approximate surface area is 202 Å². The molecule has 0 bridgehead atoms. The number of hydrogen-bond donors (Lipinski definition) is 2. The highest BCUT2D eigenvalue weighted by atomic mass is 127. The molecule has 2 heterocycles. The van der Waals surface area contributed by atoms with E-state index in [1.807, 2.05) is 30.7 Å². The summed E-state index contributed by atoms with van der Waals surface area (Å²) in [5.41, 5.74) is 1.58. The molecule has 31 heavy (non-hydrogen) atoms. The van der Waals surface area contributed by atoms with Gasteiger partial charge in [-0.1, -0.05) is 38.0 Å². The zero-order valence-electron chi connectivity index (χ0n) is 18.9. The average Bonchev–Trinajstić information content (AvgIpc) is 3.38. The molecule has 7 nitrogen and oxygen atoms in total. The molecule has 1 aliphatic heterocycles. The van der Waals surface area contributed by atoms with Crippen molar-refractivity contribution in [2.24, 2.45) is 17.5 Å². The minimum absolute atomic E-state index is 0. The van der Waals surface area contributed by atoms with Crippen LogP contribution in [0.5, 0.6) is 5.75 Å². The van der Waals surface area contributed by atoms with E-state index >= 15 is 0 Å². The second kappa shape index (κ2) is 10.7. The summed E-state index contributed by atoms with van der Waals surface area (Å²) >= 11 is 0. The van der Waals surface area contributed by atoms with Crippen LogP contribution < -0.4 is 15.4 Å². The van der Waals surface area contributed by atoms with E-state index in [0.717, 1.165) is 36.3 Å². The first-order valence-corrected chi connectivity index (χ1v) is 11.2. The van der Waals surface area contributed by atoms with Gasteiger partial charge in [0.1, 0.15) is 18.1 Å². The second-order valence-electron chi connectivity index (χ2n) is 8.67. The average molecular weight is 538 g/mol. The van der Waals surface area contributed by atoms with E-state index in [-0.39, 0.29) is 30.0 Å². The molecular weight excluding hydrogens is 503 g/mol. The molecule has 0 radical (unpaired) electrons. The number of nitrogens with zero attached hydrogens (tertiary/aromatic N) is 4. The lowest BCUT2D eigenvalue weighted by Crippen LogP contribution is -2.45. The molecule has 2 aromatic rings. The summed E-state index contributed by atoms with van der Waals surface area (Å²) in [6.07, 6.45) is 7.39. The third-order valence-corrected chi connectivity index (χ3v) is 6.88. The summed E-state index contributed by atoms with van der Waals surface area (Å²) in [4.78, 5) is 4.89. The van der Waals surface area contributed by atoms with Gasteiger partial charge in [-0.2, -0.15) is 0 Å². The fourth-order valence-electron chi connectivity index (χ4n) is 4.60. The molecule has 1 saturated carbocycles. The molecule has 1 aliphatic carbocycles.